The van der Waals surface area contributed by atoms with Crippen LogP contribution in [-0.2, 0) is 0 Å². The SMILES string of the molecule is CCOc1cc(Br)c(Br)c(C=Nc2cccc(Cl)c2)c1O. The molecule has 3 nitrogen and oxygen atoms in total. The molecular weight excluding hydrogens is 421 g/mol. The van der Waals surface area contributed by atoms with E-state index < -0.39 is 0 Å². The quantitative estimate of drug-likeness (QED) is 0.627. The molecule has 0 saturated heterocycles. The largest absolute Gasteiger partial charge is 0.504 e. The predicted octanol–water partition coefficient (Wildman–Crippen LogP) is 5.72. The molecule has 0 unspecified atom stereocenters. The van der Waals surface area contributed by atoms with Gasteiger partial charge in [0.15, 0.2) is 11.5 Å². The van der Waals surface area contributed by atoms with Crippen LogP contribution in [0.4, 0.5) is 5.69 Å². The Bertz CT molecular complexity index is 690. The van der Waals surface area contributed by atoms with Crippen LogP contribution in [0, 0.1) is 0 Å². The molecule has 21 heavy (non-hydrogen) atoms. The number of hydrogen-bond acceptors (Lipinski definition) is 3. The van der Waals surface area contributed by atoms with Gasteiger partial charge in [0.25, 0.3) is 0 Å². The normalized spacial score (nSPS) is 11.0. The highest BCUT2D eigenvalue weighted by atomic mass is 79.9. The highest BCUT2D eigenvalue weighted by molar-refractivity contribution is 9.13. The number of halogens is 3. The van der Waals surface area contributed by atoms with Gasteiger partial charge in [0.1, 0.15) is 0 Å². The Labute approximate surface area is 144 Å². The maximum Gasteiger partial charge on any atom is 0.167 e. The Morgan fingerprint density at radius 3 is 2.76 bits per heavy atom. The standard InChI is InChI=1S/C15H12Br2ClNO2/c1-2-21-13-7-12(16)14(17)11(15(13)20)8-19-10-5-3-4-9(18)6-10/h3-8,20H,2H2,1H3. The fourth-order valence-electron chi connectivity index (χ4n) is 1.69. The minimum atomic E-state index is 0.0395. The second-order valence-electron chi connectivity index (χ2n) is 4.10. The van der Waals surface area contributed by atoms with Gasteiger partial charge in [-0.1, -0.05) is 17.7 Å². The fraction of sp³-hybridized carbons (Fsp3) is 0.133. The second-order valence-corrected chi connectivity index (χ2v) is 6.19. The van der Waals surface area contributed by atoms with Crippen molar-refractivity contribution in [1.29, 1.82) is 0 Å². The number of hydrogen-bond donors (Lipinski definition) is 1. The van der Waals surface area contributed by atoms with Crippen LogP contribution in [0.25, 0.3) is 0 Å². The summed E-state index contributed by atoms with van der Waals surface area (Å²) >= 11 is 12.8. The molecule has 1 N–H and O–H groups in total. The molecule has 0 fully saturated rings. The van der Waals surface area contributed by atoms with Gasteiger partial charge >= 0.3 is 0 Å². The van der Waals surface area contributed by atoms with Crippen LogP contribution in [0.1, 0.15) is 12.5 Å². The first-order valence-electron chi connectivity index (χ1n) is 6.16. The summed E-state index contributed by atoms with van der Waals surface area (Å²) in [6, 6.07) is 8.87. The van der Waals surface area contributed by atoms with Crippen molar-refractivity contribution >= 4 is 55.4 Å². The van der Waals surface area contributed by atoms with E-state index >= 15 is 0 Å². The molecule has 0 aliphatic heterocycles. The Morgan fingerprint density at radius 1 is 1.33 bits per heavy atom. The summed E-state index contributed by atoms with van der Waals surface area (Å²) in [6.45, 7) is 2.32. The molecule has 0 bridgehead atoms. The average Bonchev–Trinajstić information content (AvgIpc) is 2.45. The van der Waals surface area contributed by atoms with E-state index in [1.54, 1.807) is 24.4 Å². The first-order valence-corrected chi connectivity index (χ1v) is 8.12. The lowest BCUT2D eigenvalue weighted by Crippen LogP contribution is -1.95. The molecular formula is C15H12Br2ClNO2. The summed E-state index contributed by atoms with van der Waals surface area (Å²) in [5.41, 5.74) is 1.24. The van der Waals surface area contributed by atoms with Crippen LogP contribution in [0.15, 0.2) is 44.3 Å². The highest BCUT2D eigenvalue weighted by Crippen LogP contribution is 2.39. The maximum atomic E-state index is 10.3. The molecule has 0 spiro atoms. The monoisotopic (exact) mass is 431 g/mol. The Kier molecular flexibility index (Phi) is 5.67. The second kappa shape index (κ2) is 7.29. The zero-order valence-electron chi connectivity index (χ0n) is 11.1. The summed E-state index contributed by atoms with van der Waals surface area (Å²) in [6.07, 6.45) is 1.57. The molecule has 0 aliphatic rings. The van der Waals surface area contributed by atoms with Crippen molar-refractivity contribution in [2.45, 2.75) is 6.92 Å². The van der Waals surface area contributed by atoms with E-state index in [4.69, 9.17) is 16.3 Å². The Balaban J connectivity index is 2.43. The van der Waals surface area contributed by atoms with E-state index in [1.807, 2.05) is 19.1 Å². The summed E-state index contributed by atoms with van der Waals surface area (Å²) < 4.78 is 6.88. The highest BCUT2D eigenvalue weighted by Gasteiger charge is 2.14. The first-order chi connectivity index (χ1) is 10.0. The lowest BCUT2D eigenvalue weighted by Gasteiger charge is -2.11. The van der Waals surface area contributed by atoms with E-state index in [-0.39, 0.29) is 5.75 Å². The fourth-order valence-corrected chi connectivity index (χ4v) is 2.70. The number of aromatic hydroxyl groups is 1. The van der Waals surface area contributed by atoms with Crippen molar-refractivity contribution < 1.29 is 9.84 Å². The minimum Gasteiger partial charge on any atom is -0.504 e. The molecule has 0 amide bonds. The summed E-state index contributed by atoms with van der Waals surface area (Å²) in [5, 5.41) is 10.9. The van der Waals surface area contributed by atoms with Crippen molar-refractivity contribution in [3.05, 3.63) is 49.9 Å². The number of phenols is 1. The van der Waals surface area contributed by atoms with Gasteiger partial charge in [0.05, 0.1) is 17.9 Å². The smallest absolute Gasteiger partial charge is 0.167 e. The van der Waals surface area contributed by atoms with Crippen molar-refractivity contribution in [2.75, 3.05) is 6.61 Å². The van der Waals surface area contributed by atoms with Gasteiger partial charge in [0, 0.05) is 20.2 Å². The number of aliphatic imine (C=N–C) groups is 1. The average molecular weight is 434 g/mol. The molecule has 0 heterocycles. The third-order valence-corrected chi connectivity index (χ3v) is 4.89. The number of ether oxygens (including phenoxy) is 1. The number of benzene rings is 2. The predicted molar refractivity (Wildman–Crippen MR) is 93.4 cm³/mol. The van der Waals surface area contributed by atoms with E-state index in [0.29, 0.717) is 33.1 Å². The zero-order valence-corrected chi connectivity index (χ0v) is 15.0. The molecule has 110 valence electrons. The van der Waals surface area contributed by atoms with E-state index in [0.717, 1.165) is 4.47 Å². The van der Waals surface area contributed by atoms with Crippen molar-refractivity contribution in [1.82, 2.24) is 0 Å². The molecule has 0 aromatic heterocycles. The van der Waals surface area contributed by atoms with Crippen LogP contribution in [0.3, 0.4) is 0 Å². The van der Waals surface area contributed by atoms with Gasteiger partial charge < -0.3 is 9.84 Å². The lowest BCUT2D eigenvalue weighted by molar-refractivity contribution is 0.317. The Morgan fingerprint density at radius 2 is 2.10 bits per heavy atom. The maximum absolute atomic E-state index is 10.3. The number of phenolic OH excluding ortho intramolecular Hbond substituents is 1. The van der Waals surface area contributed by atoms with Crippen molar-refractivity contribution in [3.63, 3.8) is 0 Å². The molecule has 6 heteroatoms. The molecule has 0 radical (unpaired) electrons. The van der Waals surface area contributed by atoms with E-state index in [9.17, 15) is 5.11 Å². The van der Waals surface area contributed by atoms with Crippen LogP contribution >= 0.6 is 43.5 Å². The minimum absolute atomic E-state index is 0.0395. The van der Waals surface area contributed by atoms with Crippen LogP contribution in [0.5, 0.6) is 11.5 Å². The van der Waals surface area contributed by atoms with Gasteiger partial charge in [-0.05, 0) is 63.0 Å². The third-order valence-electron chi connectivity index (χ3n) is 2.64. The van der Waals surface area contributed by atoms with Crippen LogP contribution in [-0.4, -0.2) is 17.9 Å². The molecule has 2 rings (SSSR count). The van der Waals surface area contributed by atoms with Crippen LogP contribution in [0.2, 0.25) is 5.02 Å². The van der Waals surface area contributed by atoms with Crippen LogP contribution < -0.4 is 4.74 Å². The molecule has 0 saturated carbocycles. The van der Waals surface area contributed by atoms with E-state index in [1.165, 1.54) is 0 Å². The summed E-state index contributed by atoms with van der Waals surface area (Å²) in [4.78, 5) is 4.33. The zero-order chi connectivity index (χ0) is 15.4. The van der Waals surface area contributed by atoms with Gasteiger partial charge in [-0.2, -0.15) is 0 Å². The van der Waals surface area contributed by atoms with Gasteiger partial charge in [-0.25, -0.2) is 0 Å². The number of rotatable bonds is 4. The van der Waals surface area contributed by atoms with Crippen molar-refractivity contribution in [2.24, 2.45) is 4.99 Å². The lowest BCUT2D eigenvalue weighted by atomic mass is 10.2. The third kappa shape index (κ3) is 3.99. The molecule has 2 aromatic rings. The first kappa shape index (κ1) is 16.3. The number of nitrogens with zero attached hydrogens (tertiary/aromatic N) is 1. The van der Waals surface area contributed by atoms with Gasteiger partial charge in [-0.3, -0.25) is 4.99 Å². The van der Waals surface area contributed by atoms with E-state index in [2.05, 4.69) is 36.9 Å². The van der Waals surface area contributed by atoms with Crippen molar-refractivity contribution in [3.8, 4) is 11.5 Å². The summed E-state index contributed by atoms with van der Waals surface area (Å²) in [7, 11) is 0. The topological polar surface area (TPSA) is 41.8 Å². The summed E-state index contributed by atoms with van der Waals surface area (Å²) in [5.74, 6) is 0.442. The van der Waals surface area contributed by atoms with Gasteiger partial charge in [0.2, 0.25) is 0 Å². The Hall–Kier alpha value is -1.04. The molecule has 0 aliphatic carbocycles. The molecule has 2 aromatic carbocycles. The molecule has 0 atom stereocenters. The van der Waals surface area contributed by atoms with Gasteiger partial charge in [-0.15, -0.1) is 0 Å².